The Morgan fingerprint density at radius 1 is 1.25 bits per heavy atom. The van der Waals surface area contributed by atoms with Crippen molar-refractivity contribution < 1.29 is 14.3 Å². The highest BCUT2D eigenvalue weighted by molar-refractivity contribution is 7.09. The predicted molar refractivity (Wildman–Crippen MR) is 111 cm³/mol. The molecule has 1 aliphatic rings. The van der Waals surface area contributed by atoms with Crippen molar-refractivity contribution in [2.24, 2.45) is 0 Å². The molecule has 0 radical (unpaired) electrons. The van der Waals surface area contributed by atoms with Crippen LogP contribution in [0.15, 0.2) is 29.6 Å². The van der Waals surface area contributed by atoms with Crippen molar-refractivity contribution >= 4 is 40.4 Å². The lowest BCUT2D eigenvalue weighted by Crippen LogP contribution is -2.53. The van der Waals surface area contributed by atoms with E-state index in [-0.39, 0.29) is 16.8 Å². The Balaban J connectivity index is 1.60. The molecule has 0 aliphatic carbocycles. The SMILES string of the molecule is COc1cc(NC(C)=O)c(Cl)cc1C(=O)NN1CCN(Cc2cccs2)CC1. The molecule has 2 heterocycles. The Morgan fingerprint density at radius 3 is 2.61 bits per heavy atom. The van der Waals surface area contributed by atoms with E-state index in [0.717, 1.165) is 32.7 Å². The first-order valence-electron chi connectivity index (χ1n) is 8.92. The van der Waals surface area contributed by atoms with Crippen LogP contribution in [-0.2, 0) is 11.3 Å². The number of benzene rings is 1. The minimum Gasteiger partial charge on any atom is -0.496 e. The maximum absolute atomic E-state index is 12.7. The summed E-state index contributed by atoms with van der Waals surface area (Å²) in [5.41, 5.74) is 3.65. The minimum atomic E-state index is -0.292. The average molecular weight is 423 g/mol. The first-order chi connectivity index (χ1) is 13.5. The normalized spacial score (nSPS) is 15.2. The Hall–Kier alpha value is -2.13. The molecule has 3 rings (SSSR count). The number of piperazine rings is 1. The van der Waals surface area contributed by atoms with Crippen LogP contribution in [0.1, 0.15) is 22.2 Å². The Bertz CT molecular complexity index is 836. The number of carbonyl (C=O) groups excluding carboxylic acids is 2. The van der Waals surface area contributed by atoms with Gasteiger partial charge < -0.3 is 10.1 Å². The van der Waals surface area contributed by atoms with Crippen LogP contribution in [0.3, 0.4) is 0 Å². The number of nitrogens with zero attached hydrogens (tertiary/aromatic N) is 2. The first kappa shape index (κ1) is 20.6. The Morgan fingerprint density at radius 2 is 2.00 bits per heavy atom. The Labute approximate surface area is 173 Å². The van der Waals surface area contributed by atoms with Gasteiger partial charge in [0.05, 0.1) is 23.4 Å². The first-order valence-corrected chi connectivity index (χ1v) is 10.2. The highest BCUT2D eigenvalue weighted by Crippen LogP contribution is 2.31. The molecule has 0 atom stereocenters. The summed E-state index contributed by atoms with van der Waals surface area (Å²) in [6.45, 7) is 5.54. The number of ether oxygens (including phenoxy) is 1. The second kappa shape index (κ2) is 9.38. The van der Waals surface area contributed by atoms with E-state index < -0.39 is 0 Å². The van der Waals surface area contributed by atoms with E-state index in [1.807, 2.05) is 5.01 Å². The molecule has 1 aromatic carbocycles. The second-order valence-electron chi connectivity index (χ2n) is 6.50. The van der Waals surface area contributed by atoms with Gasteiger partial charge >= 0.3 is 0 Å². The molecule has 28 heavy (non-hydrogen) atoms. The number of halogens is 1. The molecule has 0 saturated carbocycles. The fraction of sp³-hybridized carbons (Fsp3) is 0.368. The van der Waals surface area contributed by atoms with Gasteiger partial charge in [-0.15, -0.1) is 11.3 Å². The standard InChI is InChI=1S/C19H23ClN4O3S/c1-13(25)21-17-11-18(27-2)15(10-16(17)20)19(26)22-24-7-5-23(6-8-24)12-14-4-3-9-28-14/h3-4,9-11H,5-8,12H2,1-2H3,(H,21,25)(H,22,26). The molecular weight excluding hydrogens is 400 g/mol. The van der Waals surface area contributed by atoms with Crippen molar-refractivity contribution in [1.29, 1.82) is 0 Å². The van der Waals surface area contributed by atoms with E-state index in [4.69, 9.17) is 16.3 Å². The van der Waals surface area contributed by atoms with Crippen LogP contribution in [0.5, 0.6) is 5.75 Å². The summed E-state index contributed by atoms with van der Waals surface area (Å²) in [5.74, 6) is -0.191. The van der Waals surface area contributed by atoms with Gasteiger partial charge in [-0.2, -0.15) is 0 Å². The summed E-state index contributed by atoms with van der Waals surface area (Å²) in [6.07, 6.45) is 0. The lowest BCUT2D eigenvalue weighted by molar-refractivity contribution is -0.114. The number of thiophene rings is 1. The number of rotatable bonds is 6. The second-order valence-corrected chi connectivity index (χ2v) is 7.94. The van der Waals surface area contributed by atoms with Crippen LogP contribution in [0, 0.1) is 0 Å². The molecule has 1 fully saturated rings. The monoisotopic (exact) mass is 422 g/mol. The third-order valence-electron chi connectivity index (χ3n) is 4.44. The van der Waals surface area contributed by atoms with Gasteiger partial charge in [0.15, 0.2) is 0 Å². The van der Waals surface area contributed by atoms with E-state index in [2.05, 4.69) is 33.2 Å². The van der Waals surface area contributed by atoms with Crippen LogP contribution in [0.4, 0.5) is 5.69 Å². The topological polar surface area (TPSA) is 73.9 Å². The largest absolute Gasteiger partial charge is 0.496 e. The molecule has 1 aromatic heterocycles. The van der Waals surface area contributed by atoms with Gasteiger partial charge in [-0.25, -0.2) is 5.01 Å². The Kier molecular flexibility index (Phi) is 6.90. The molecule has 7 nitrogen and oxygen atoms in total. The molecule has 0 bridgehead atoms. The van der Waals surface area contributed by atoms with Gasteiger partial charge in [-0.1, -0.05) is 17.7 Å². The number of carbonyl (C=O) groups is 2. The minimum absolute atomic E-state index is 0.249. The predicted octanol–water partition coefficient (Wildman–Crippen LogP) is 2.83. The third kappa shape index (κ3) is 5.23. The molecular formula is C19H23ClN4O3S. The third-order valence-corrected chi connectivity index (χ3v) is 5.61. The van der Waals surface area contributed by atoms with Crippen molar-refractivity contribution in [1.82, 2.24) is 15.3 Å². The number of hydrogen-bond donors (Lipinski definition) is 2. The summed E-state index contributed by atoms with van der Waals surface area (Å²) >= 11 is 7.96. The average Bonchev–Trinajstić information content (AvgIpc) is 3.17. The fourth-order valence-corrected chi connectivity index (χ4v) is 3.99. The smallest absolute Gasteiger partial charge is 0.269 e. The van der Waals surface area contributed by atoms with Gasteiger partial charge in [-0.05, 0) is 17.5 Å². The molecule has 0 spiro atoms. The van der Waals surface area contributed by atoms with Crippen molar-refractivity contribution in [3.8, 4) is 5.75 Å². The summed E-state index contributed by atoms with van der Waals surface area (Å²) in [6, 6.07) is 7.26. The van der Waals surface area contributed by atoms with Crippen molar-refractivity contribution in [3.63, 3.8) is 0 Å². The molecule has 1 saturated heterocycles. The number of methoxy groups -OCH3 is 1. The van der Waals surface area contributed by atoms with E-state index in [9.17, 15) is 9.59 Å². The van der Waals surface area contributed by atoms with Crippen LogP contribution in [0.25, 0.3) is 0 Å². The quantitative estimate of drug-likeness (QED) is 0.748. The molecule has 150 valence electrons. The lowest BCUT2D eigenvalue weighted by atomic mass is 10.1. The van der Waals surface area contributed by atoms with Gasteiger partial charge in [-0.3, -0.25) is 19.9 Å². The summed E-state index contributed by atoms with van der Waals surface area (Å²) < 4.78 is 5.31. The molecule has 2 N–H and O–H groups in total. The van der Waals surface area contributed by atoms with Gasteiger partial charge in [0.25, 0.3) is 5.91 Å². The molecule has 0 unspecified atom stereocenters. The van der Waals surface area contributed by atoms with Crippen LogP contribution in [-0.4, -0.2) is 55.0 Å². The highest BCUT2D eigenvalue weighted by atomic mass is 35.5. The summed E-state index contributed by atoms with van der Waals surface area (Å²) in [5, 5.41) is 6.89. The van der Waals surface area contributed by atoms with Crippen molar-refractivity contribution in [2.75, 3.05) is 38.6 Å². The van der Waals surface area contributed by atoms with Gasteiger partial charge in [0, 0.05) is 50.6 Å². The molecule has 1 aliphatic heterocycles. The molecule has 2 amide bonds. The zero-order chi connectivity index (χ0) is 20.1. The van der Waals surface area contributed by atoms with E-state index in [0.29, 0.717) is 17.0 Å². The summed E-state index contributed by atoms with van der Waals surface area (Å²) in [4.78, 5) is 27.7. The molecule has 9 heteroatoms. The molecule has 2 aromatic rings. The van der Waals surface area contributed by atoms with Crippen molar-refractivity contribution in [3.05, 3.63) is 45.1 Å². The zero-order valence-electron chi connectivity index (χ0n) is 15.8. The number of anilines is 1. The van der Waals surface area contributed by atoms with Crippen LogP contribution in [0.2, 0.25) is 5.02 Å². The van der Waals surface area contributed by atoms with Gasteiger partial charge in [0.2, 0.25) is 5.91 Å². The van der Waals surface area contributed by atoms with Gasteiger partial charge in [0.1, 0.15) is 5.75 Å². The van der Waals surface area contributed by atoms with Crippen LogP contribution < -0.4 is 15.5 Å². The maximum Gasteiger partial charge on any atom is 0.269 e. The van der Waals surface area contributed by atoms with Crippen molar-refractivity contribution in [2.45, 2.75) is 13.5 Å². The van der Waals surface area contributed by atoms with E-state index in [1.165, 1.54) is 25.0 Å². The number of hydrogen-bond acceptors (Lipinski definition) is 6. The number of nitrogens with one attached hydrogen (secondary N) is 2. The lowest BCUT2D eigenvalue weighted by Gasteiger charge is -2.34. The summed E-state index contributed by atoms with van der Waals surface area (Å²) in [7, 11) is 1.47. The van der Waals surface area contributed by atoms with Crippen LogP contribution >= 0.6 is 22.9 Å². The highest BCUT2D eigenvalue weighted by Gasteiger charge is 2.22. The van der Waals surface area contributed by atoms with E-state index >= 15 is 0 Å². The maximum atomic E-state index is 12.7. The van der Waals surface area contributed by atoms with E-state index in [1.54, 1.807) is 17.4 Å². The fourth-order valence-electron chi connectivity index (χ4n) is 3.03. The number of hydrazine groups is 1. The number of amides is 2. The zero-order valence-corrected chi connectivity index (χ0v) is 17.4.